The molecule has 1 atom stereocenters. The van der Waals surface area contributed by atoms with Gasteiger partial charge in [-0.15, -0.1) is 0 Å². The third-order valence-electron chi connectivity index (χ3n) is 4.89. The fraction of sp³-hybridized carbons (Fsp3) is 0.364. The Morgan fingerprint density at radius 1 is 1.28 bits per heavy atom. The van der Waals surface area contributed by atoms with Gasteiger partial charge < -0.3 is 14.2 Å². The molecule has 6 nitrogen and oxygen atoms in total. The standard InChI is InChI=1S/C22H24N2O4S/c1-3-27-18-7-4-8-19-20(18)23-22(29-19)24(14-17-6-5-13-28-17)21(25)15-9-11-16(26-2)12-10-15/h4,7-12,17H,3,5-6,13-14H2,1-2H3. The van der Waals surface area contributed by atoms with E-state index in [9.17, 15) is 4.79 Å². The Morgan fingerprint density at radius 2 is 2.10 bits per heavy atom. The summed E-state index contributed by atoms with van der Waals surface area (Å²) in [6, 6.07) is 13.0. The number of fused-ring (bicyclic) bond motifs is 1. The van der Waals surface area contributed by atoms with E-state index in [0.29, 0.717) is 29.6 Å². The molecule has 7 heteroatoms. The highest BCUT2D eigenvalue weighted by Gasteiger charge is 2.27. The molecule has 1 saturated heterocycles. The van der Waals surface area contributed by atoms with Gasteiger partial charge in [0.25, 0.3) is 5.91 Å². The summed E-state index contributed by atoms with van der Waals surface area (Å²) in [6.07, 6.45) is 1.99. The summed E-state index contributed by atoms with van der Waals surface area (Å²) in [6.45, 7) is 3.73. The molecule has 0 N–H and O–H groups in total. The summed E-state index contributed by atoms with van der Waals surface area (Å²) < 4.78 is 17.7. The molecule has 2 aromatic carbocycles. The molecule has 0 spiro atoms. The van der Waals surface area contributed by atoms with E-state index in [1.54, 1.807) is 36.3 Å². The zero-order chi connectivity index (χ0) is 20.2. The van der Waals surface area contributed by atoms with E-state index in [1.165, 1.54) is 11.3 Å². The highest BCUT2D eigenvalue weighted by molar-refractivity contribution is 7.22. The van der Waals surface area contributed by atoms with Crippen molar-refractivity contribution in [2.24, 2.45) is 0 Å². The van der Waals surface area contributed by atoms with Gasteiger partial charge in [-0.3, -0.25) is 9.69 Å². The topological polar surface area (TPSA) is 60.9 Å². The summed E-state index contributed by atoms with van der Waals surface area (Å²) in [5.74, 6) is 1.36. The number of benzene rings is 2. The van der Waals surface area contributed by atoms with Gasteiger partial charge in [-0.05, 0) is 56.2 Å². The number of amides is 1. The Kier molecular flexibility index (Phi) is 5.97. The number of nitrogens with zero attached hydrogens (tertiary/aromatic N) is 2. The third-order valence-corrected chi connectivity index (χ3v) is 5.94. The first-order chi connectivity index (χ1) is 14.2. The quantitative estimate of drug-likeness (QED) is 0.571. The van der Waals surface area contributed by atoms with Crippen molar-refractivity contribution >= 4 is 32.6 Å². The highest BCUT2D eigenvalue weighted by atomic mass is 32.1. The Morgan fingerprint density at radius 3 is 2.79 bits per heavy atom. The number of carbonyl (C=O) groups excluding carboxylic acids is 1. The van der Waals surface area contributed by atoms with Crippen molar-refractivity contribution < 1.29 is 19.0 Å². The van der Waals surface area contributed by atoms with E-state index in [4.69, 9.17) is 19.2 Å². The molecule has 2 heterocycles. The highest BCUT2D eigenvalue weighted by Crippen LogP contribution is 2.35. The number of carbonyl (C=O) groups is 1. The molecule has 1 aliphatic rings. The lowest BCUT2D eigenvalue weighted by Gasteiger charge is -2.23. The fourth-order valence-electron chi connectivity index (χ4n) is 3.43. The van der Waals surface area contributed by atoms with E-state index in [2.05, 4.69) is 0 Å². The van der Waals surface area contributed by atoms with Gasteiger partial charge in [0.1, 0.15) is 17.0 Å². The SMILES string of the molecule is CCOc1cccc2sc(N(CC3CCCO3)C(=O)c3ccc(OC)cc3)nc12. The lowest BCUT2D eigenvalue weighted by Crippen LogP contribution is -2.37. The summed E-state index contributed by atoms with van der Waals surface area (Å²) in [5.41, 5.74) is 1.38. The molecule has 4 rings (SSSR count). The summed E-state index contributed by atoms with van der Waals surface area (Å²) in [5, 5.41) is 0.656. The monoisotopic (exact) mass is 412 g/mol. The van der Waals surface area contributed by atoms with Crippen LogP contribution in [0.3, 0.4) is 0 Å². The second-order valence-corrected chi connectivity index (χ2v) is 7.82. The number of hydrogen-bond acceptors (Lipinski definition) is 6. The van der Waals surface area contributed by atoms with E-state index < -0.39 is 0 Å². The number of ether oxygens (including phenoxy) is 3. The lowest BCUT2D eigenvalue weighted by molar-refractivity contribution is 0.0917. The smallest absolute Gasteiger partial charge is 0.260 e. The number of para-hydroxylation sites is 1. The predicted octanol–water partition coefficient (Wildman–Crippen LogP) is 4.53. The van der Waals surface area contributed by atoms with Crippen molar-refractivity contribution in [1.29, 1.82) is 0 Å². The number of anilines is 1. The maximum Gasteiger partial charge on any atom is 0.260 e. The molecule has 0 aliphatic carbocycles. The van der Waals surface area contributed by atoms with Gasteiger partial charge in [0.15, 0.2) is 5.13 Å². The van der Waals surface area contributed by atoms with Crippen LogP contribution in [0.25, 0.3) is 10.2 Å². The van der Waals surface area contributed by atoms with Crippen molar-refractivity contribution in [1.82, 2.24) is 4.98 Å². The van der Waals surface area contributed by atoms with Crippen molar-refractivity contribution in [3.63, 3.8) is 0 Å². The molecule has 152 valence electrons. The number of aromatic nitrogens is 1. The Bertz CT molecular complexity index is 980. The Labute approximate surface area is 174 Å². The van der Waals surface area contributed by atoms with Gasteiger partial charge in [0, 0.05) is 12.2 Å². The zero-order valence-electron chi connectivity index (χ0n) is 16.6. The van der Waals surface area contributed by atoms with Crippen LogP contribution in [0.5, 0.6) is 11.5 Å². The third kappa shape index (κ3) is 4.21. The first-order valence-corrected chi connectivity index (χ1v) is 10.6. The number of methoxy groups -OCH3 is 1. The first kappa shape index (κ1) is 19.7. The van der Waals surface area contributed by atoms with Gasteiger partial charge in [0.05, 0.1) is 31.1 Å². The Hall–Kier alpha value is -2.64. The van der Waals surface area contributed by atoms with Gasteiger partial charge in [0.2, 0.25) is 0 Å². The fourth-order valence-corrected chi connectivity index (χ4v) is 4.42. The van der Waals surface area contributed by atoms with Crippen LogP contribution in [0.4, 0.5) is 5.13 Å². The van der Waals surface area contributed by atoms with Crippen LogP contribution >= 0.6 is 11.3 Å². The van der Waals surface area contributed by atoms with Crippen LogP contribution in [0, 0.1) is 0 Å². The molecule has 1 unspecified atom stereocenters. The molecule has 0 radical (unpaired) electrons. The molecule has 29 heavy (non-hydrogen) atoms. The van der Waals surface area contributed by atoms with Crippen LogP contribution in [0.15, 0.2) is 42.5 Å². The lowest BCUT2D eigenvalue weighted by atomic mass is 10.1. The molecule has 0 bridgehead atoms. The predicted molar refractivity (Wildman–Crippen MR) is 114 cm³/mol. The van der Waals surface area contributed by atoms with Gasteiger partial charge in [-0.25, -0.2) is 4.98 Å². The molecule has 1 amide bonds. The molecule has 3 aromatic rings. The zero-order valence-corrected chi connectivity index (χ0v) is 17.4. The Balaban J connectivity index is 1.70. The summed E-state index contributed by atoms with van der Waals surface area (Å²) >= 11 is 1.49. The van der Waals surface area contributed by atoms with Crippen LogP contribution in [0.2, 0.25) is 0 Å². The minimum absolute atomic E-state index is 0.0237. The van der Waals surface area contributed by atoms with Gasteiger partial charge >= 0.3 is 0 Å². The largest absolute Gasteiger partial charge is 0.497 e. The minimum Gasteiger partial charge on any atom is -0.497 e. The van der Waals surface area contributed by atoms with E-state index >= 15 is 0 Å². The van der Waals surface area contributed by atoms with Crippen molar-refractivity contribution in [2.75, 3.05) is 31.8 Å². The van der Waals surface area contributed by atoms with Crippen LogP contribution in [0.1, 0.15) is 30.1 Å². The molecule has 1 aliphatic heterocycles. The van der Waals surface area contributed by atoms with Crippen molar-refractivity contribution in [3.8, 4) is 11.5 Å². The van der Waals surface area contributed by atoms with Crippen LogP contribution in [-0.4, -0.2) is 43.9 Å². The molecule has 1 fully saturated rings. The maximum absolute atomic E-state index is 13.4. The second kappa shape index (κ2) is 8.80. The average Bonchev–Trinajstić information content (AvgIpc) is 3.42. The van der Waals surface area contributed by atoms with Crippen molar-refractivity contribution in [3.05, 3.63) is 48.0 Å². The number of hydrogen-bond donors (Lipinski definition) is 0. The maximum atomic E-state index is 13.4. The number of rotatable bonds is 7. The van der Waals surface area contributed by atoms with E-state index in [0.717, 1.165) is 35.4 Å². The summed E-state index contributed by atoms with van der Waals surface area (Å²) in [4.78, 5) is 19.9. The van der Waals surface area contributed by atoms with Crippen LogP contribution < -0.4 is 14.4 Å². The number of thiazole rings is 1. The average molecular weight is 413 g/mol. The summed E-state index contributed by atoms with van der Waals surface area (Å²) in [7, 11) is 1.61. The second-order valence-electron chi connectivity index (χ2n) is 6.81. The normalized spacial score (nSPS) is 16.1. The molecule has 1 aromatic heterocycles. The van der Waals surface area contributed by atoms with Gasteiger partial charge in [-0.2, -0.15) is 0 Å². The van der Waals surface area contributed by atoms with Crippen LogP contribution in [-0.2, 0) is 4.74 Å². The molecule has 0 saturated carbocycles. The molecular formula is C22H24N2O4S. The van der Waals surface area contributed by atoms with E-state index in [1.807, 2.05) is 25.1 Å². The van der Waals surface area contributed by atoms with Crippen molar-refractivity contribution in [2.45, 2.75) is 25.9 Å². The molecular weight excluding hydrogens is 388 g/mol. The van der Waals surface area contributed by atoms with Gasteiger partial charge in [-0.1, -0.05) is 17.4 Å². The first-order valence-electron chi connectivity index (χ1n) is 9.79. The van der Waals surface area contributed by atoms with E-state index in [-0.39, 0.29) is 12.0 Å². The minimum atomic E-state index is -0.0971.